The van der Waals surface area contributed by atoms with Crippen LogP contribution in [0.2, 0.25) is 0 Å². The van der Waals surface area contributed by atoms with Crippen LogP contribution in [0, 0.1) is 0 Å². The number of nitrogens with zero attached hydrogens (tertiary/aromatic N) is 2. The minimum atomic E-state index is -4.60. The summed E-state index contributed by atoms with van der Waals surface area (Å²) in [6, 6.07) is 1.32. The Hall–Kier alpha value is -1.57. The Kier molecular flexibility index (Phi) is 6.67. The molecule has 0 aliphatic heterocycles. The van der Waals surface area contributed by atoms with E-state index >= 15 is 0 Å². The van der Waals surface area contributed by atoms with Crippen molar-refractivity contribution in [2.75, 3.05) is 23.8 Å². The maximum atomic E-state index is 12.8. The molecule has 1 aromatic heterocycles. The van der Waals surface area contributed by atoms with Crippen LogP contribution in [0.3, 0.4) is 0 Å². The molecule has 0 aliphatic carbocycles. The molecule has 0 aromatic carbocycles. The lowest BCUT2D eigenvalue weighted by Crippen LogP contribution is -2.22. The topological polar surface area (TPSA) is 70.1 Å². The number of alkyl halides is 3. The summed E-state index contributed by atoms with van der Waals surface area (Å²) in [5.74, 6) is -0.929. The molecule has 3 N–H and O–H groups in total. The molecule has 0 spiro atoms. The third-order valence-electron chi connectivity index (χ3n) is 2.86. The molecule has 0 fully saturated rings. The maximum Gasteiger partial charge on any atom is 0.451 e. The average molecular weight is 306 g/mol. The van der Waals surface area contributed by atoms with Gasteiger partial charge in [-0.25, -0.2) is 9.97 Å². The first-order valence-corrected chi connectivity index (χ1v) is 6.98. The summed E-state index contributed by atoms with van der Waals surface area (Å²) in [6.45, 7) is 4.28. The van der Waals surface area contributed by atoms with Gasteiger partial charge >= 0.3 is 6.18 Å². The van der Waals surface area contributed by atoms with Gasteiger partial charge in [-0.1, -0.05) is 13.8 Å². The molecule has 0 saturated carbocycles. The first-order chi connectivity index (χ1) is 9.90. The molecular formula is C13H21F3N4O. The highest BCUT2D eigenvalue weighted by Crippen LogP contribution is 2.28. The van der Waals surface area contributed by atoms with E-state index in [1.807, 2.05) is 13.8 Å². The van der Waals surface area contributed by atoms with E-state index in [0.29, 0.717) is 19.4 Å². The zero-order valence-electron chi connectivity index (χ0n) is 12.2. The molecule has 5 nitrogen and oxygen atoms in total. The van der Waals surface area contributed by atoms with E-state index < -0.39 is 12.0 Å². The smallest absolute Gasteiger partial charge is 0.396 e. The summed E-state index contributed by atoms with van der Waals surface area (Å²) in [5, 5.41) is 14.7. The molecule has 1 atom stereocenters. The third-order valence-corrected chi connectivity index (χ3v) is 2.86. The van der Waals surface area contributed by atoms with Gasteiger partial charge in [-0.3, -0.25) is 0 Å². The Morgan fingerprint density at radius 2 is 1.90 bits per heavy atom. The number of rotatable bonds is 8. The van der Waals surface area contributed by atoms with Crippen molar-refractivity contribution in [3.63, 3.8) is 0 Å². The predicted molar refractivity (Wildman–Crippen MR) is 75.2 cm³/mol. The molecule has 0 aliphatic rings. The first-order valence-electron chi connectivity index (χ1n) is 6.98. The highest BCUT2D eigenvalue weighted by Gasteiger charge is 2.35. The van der Waals surface area contributed by atoms with Crippen molar-refractivity contribution in [2.45, 2.75) is 45.3 Å². The molecule has 120 valence electrons. The third kappa shape index (κ3) is 5.74. The monoisotopic (exact) mass is 306 g/mol. The number of nitrogens with one attached hydrogen (secondary N) is 2. The van der Waals surface area contributed by atoms with E-state index in [2.05, 4.69) is 20.6 Å². The largest absolute Gasteiger partial charge is 0.451 e. The number of aliphatic hydroxyl groups is 1. The second kappa shape index (κ2) is 8.02. The van der Waals surface area contributed by atoms with E-state index in [0.717, 1.165) is 6.42 Å². The van der Waals surface area contributed by atoms with Crippen molar-refractivity contribution in [3.05, 3.63) is 11.9 Å². The zero-order valence-corrected chi connectivity index (χ0v) is 12.2. The number of hydrogen-bond donors (Lipinski definition) is 3. The van der Waals surface area contributed by atoms with Crippen molar-refractivity contribution in [1.82, 2.24) is 9.97 Å². The zero-order chi connectivity index (χ0) is 15.9. The van der Waals surface area contributed by atoms with Gasteiger partial charge in [0.15, 0.2) is 0 Å². The van der Waals surface area contributed by atoms with Crippen molar-refractivity contribution in [2.24, 2.45) is 0 Å². The number of aliphatic hydroxyl groups excluding tert-OH is 1. The summed E-state index contributed by atoms with van der Waals surface area (Å²) in [6.07, 6.45) is -2.71. The van der Waals surface area contributed by atoms with Crippen LogP contribution in [-0.2, 0) is 6.18 Å². The van der Waals surface area contributed by atoms with Gasteiger partial charge < -0.3 is 15.7 Å². The van der Waals surface area contributed by atoms with Crippen LogP contribution >= 0.6 is 0 Å². The lowest BCUT2D eigenvalue weighted by molar-refractivity contribution is -0.144. The van der Waals surface area contributed by atoms with E-state index in [-0.39, 0.29) is 24.3 Å². The average Bonchev–Trinajstić information content (AvgIpc) is 2.43. The summed E-state index contributed by atoms with van der Waals surface area (Å²) >= 11 is 0. The minimum Gasteiger partial charge on any atom is -0.396 e. The van der Waals surface area contributed by atoms with E-state index in [4.69, 9.17) is 5.11 Å². The summed E-state index contributed by atoms with van der Waals surface area (Å²) in [7, 11) is 0. The molecule has 1 rings (SSSR count). The van der Waals surface area contributed by atoms with Crippen molar-refractivity contribution in [1.29, 1.82) is 0 Å². The Bertz CT molecular complexity index is 440. The van der Waals surface area contributed by atoms with Gasteiger partial charge in [0.25, 0.3) is 0 Å². The molecule has 0 radical (unpaired) electrons. The van der Waals surface area contributed by atoms with Crippen molar-refractivity contribution < 1.29 is 18.3 Å². The van der Waals surface area contributed by atoms with Gasteiger partial charge in [0, 0.05) is 25.3 Å². The number of halogens is 3. The van der Waals surface area contributed by atoms with Crippen LogP contribution in [-0.4, -0.2) is 34.3 Å². The van der Waals surface area contributed by atoms with Gasteiger partial charge in [0.05, 0.1) is 0 Å². The van der Waals surface area contributed by atoms with Crippen LogP contribution in [0.4, 0.5) is 24.8 Å². The quantitative estimate of drug-likeness (QED) is 0.689. The molecule has 0 bridgehead atoms. The standard InChI is InChI=1S/C13H21F3N4O/c1-3-6-17-10-8-11(18-9(4-2)5-7-21)20-12(19-10)13(14,15)16/h8-9,21H,3-7H2,1-2H3,(H2,17,18,19,20). The van der Waals surface area contributed by atoms with Gasteiger partial charge in [-0.05, 0) is 19.3 Å². The second-order valence-electron chi connectivity index (χ2n) is 4.65. The molecule has 1 unspecified atom stereocenters. The van der Waals surface area contributed by atoms with Gasteiger partial charge in [0.2, 0.25) is 5.82 Å². The molecule has 1 heterocycles. The Morgan fingerprint density at radius 1 is 1.24 bits per heavy atom. The lowest BCUT2D eigenvalue weighted by atomic mass is 10.1. The van der Waals surface area contributed by atoms with Crippen LogP contribution in [0.25, 0.3) is 0 Å². The predicted octanol–water partition coefficient (Wildman–Crippen LogP) is 2.89. The molecule has 1 aromatic rings. The van der Waals surface area contributed by atoms with Crippen LogP contribution in [0.1, 0.15) is 38.9 Å². The number of hydrogen-bond acceptors (Lipinski definition) is 5. The van der Waals surface area contributed by atoms with E-state index in [1.54, 1.807) is 0 Å². The second-order valence-corrected chi connectivity index (χ2v) is 4.65. The number of aromatic nitrogens is 2. The van der Waals surface area contributed by atoms with E-state index in [1.165, 1.54) is 6.07 Å². The van der Waals surface area contributed by atoms with Crippen LogP contribution < -0.4 is 10.6 Å². The van der Waals surface area contributed by atoms with Gasteiger partial charge in [-0.15, -0.1) is 0 Å². The minimum absolute atomic E-state index is 0.0380. The van der Waals surface area contributed by atoms with Gasteiger partial charge in [0.1, 0.15) is 11.6 Å². The Morgan fingerprint density at radius 3 is 2.43 bits per heavy atom. The maximum absolute atomic E-state index is 12.8. The first kappa shape index (κ1) is 17.5. The fraction of sp³-hybridized carbons (Fsp3) is 0.692. The van der Waals surface area contributed by atoms with Crippen molar-refractivity contribution >= 4 is 11.6 Å². The van der Waals surface area contributed by atoms with Crippen molar-refractivity contribution in [3.8, 4) is 0 Å². The summed E-state index contributed by atoms with van der Waals surface area (Å²) < 4.78 is 38.5. The highest BCUT2D eigenvalue weighted by molar-refractivity contribution is 5.48. The molecule has 8 heteroatoms. The molecular weight excluding hydrogens is 285 g/mol. The van der Waals surface area contributed by atoms with Crippen LogP contribution in [0.5, 0.6) is 0 Å². The summed E-state index contributed by atoms with van der Waals surface area (Å²) in [5.41, 5.74) is 0. The summed E-state index contributed by atoms with van der Waals surface area (Å²) in [4.78, 5) is 7.00. The SMILES string of the molecule is CCCNc1cc(NC(CC)CCO)nc(C(F)(F)F)n1. The Balaban J connectivity index is 3.00. The van der Waals surface area contributed by atoms with Gasteiger partial charge in [-0.2, -0.15) is 13.2 Å². The Labute approximate surface area is 122 Å². The molecule has 0 saturated heterocycles. The normalized spacial score (nSPS) is 13.0. The fourth-order valence-electron chi connectivity index (χ4n) is 1.73. The number of anilines is 2. The lowest BCUT2D eigenvalue weighted by Gasteiger charge is -2.18. The van der Waals surface area contributed by atoms with E-state index in [9.17, 15) is 13.2 Å². The fourth-order valence-corrected chi connectivity index (χ4v) is 1.73. The molecule has 21 heavy (non-hydrogen) atoms. The highest BCUT2D eigenvalue weighted by atomic mass is 19.4. The molecule has 0 amide bonds. The van der Waals surface area contributed by atoms with Crippen LogP contribution in [0.15, 0.2) is 6.07 Å².